The summed E-state index contributed by atoms with van der Waals surface area (Å²) in [5.74, 6) is 1.80. The van der Waals surface area contributed by atoms with Crippen LogP contribution in [0.4, 0.5) is 5.69 Å². The van der Waals surface area contributed by atoms with E-state index in [0.717, 1.165) is 28.3 Å². The standard InChI is InChI=1S/C27H26N2O3S/c1-18(2)20-10-12-23(13-11-20)32-17-21-15-19(9-14-25(21)31-3)16-24-26(30)29(27(33)28-24)22-7-5-4-6-8-22/h4-16,18H,17H2,1-3H3,(H,28,33)/b24-16+. The van der Waals surface area contributed by atoms with Gasteiger partial charge in [0.1, 0.15) is 23.8 Å². The Balaban J connectivity index is 1.53. The minimum absolute atomic E-state index is 0.190. The van der Waals surface area contributed by atoms with Gasteiger partial charge in [-0.1, -0.05) is 50.2 Å². The molecule has 168 valence electrons. The minimum Gasteiger partial charge on any atom is -0.496 e. The van der Waals surface area contributed by atoms with Crippen LogP contribution in [0.5, 0.6) is 11.5 Å². The zero-order valence-electron chi connectivity index (χ0n) is 18.9. The summed E-state index contributed by atoms with van der Waals surface area (Å²) in [5, 5.41) is 3.39. The van der Waals surface area contributed by atoms with E-state index < -0.39 is 0 Å². The van der Waals surface area contributed by atoms with Crippen molar-refractivity contribution in [2.24, 2.45) is 0 Å². The van der Waals surface area contributed by atoms with Crippen LogP contribution in [0.15, 0.2) is 78.5 Å². The number of benzene rings is 3. The third-order valence-corrected chi connectivity index (χ3v) is 5.73. The third-order valence-electron chi connectivity index (χ3n) is 5.45. The molecule has 1 heterocycles. The normalized spacial score (nSPS) is 14.7. The van der Waals surface area contributed by atoms with Gasteiger partial charge in [-0.25, -0.2) is 0 Å². The van der Waals surface area contributed by atoms with Crippen molar-refractivity contribution in [3.63, 3.8) is 0 Å². The monoisotopic (exact) mass is 458 g/mol. The molecule has 33 heavy (non-hydrogen) atoms. The van der Waals surface area contributed by atoms with E-state index in [4.69, 9.17) is 21.7 Å². The lowest BCUT2D eigenvalue weighted by Gasteiger charge is -2.13. The fraction of sp³-hybridized carbons (Fsp3) is 0.185. The SMILES string of the molecule is COc1ccc(/C=C2/NC(=S)N(c3ccccc3)C2=O)cc1COc1ccc(C(C)C)cc1. The second-order valence-corrected chi connectivity index (χ2v) is 8.43. The summed E-state index contributed by atoms with van der Waals surface area (Å²) >= 11 is 5.39. The van der Waals surface area contributed by atoms with Gasteiger partial charge in [-0.2, -0.15) is 0 Å². The lowest BCUT2D eigenvalue weighted by atomic mass is 10.0. The first-order valence-electron chi connectivity index (χ1n) is 10.8. The van der Waals surface area contributed by atoms with Crippen molar-refractivity contribution in [3.05, 3.63) is 95.2 Å². The first-order valence-corrected chi connectivity index (χ1v) is 11.2. The molecule has 3 aromatic rings. The summed E-state index contributed by atoms with van der Waals surface area (Å²) in [7, 11) is 1.63. The van der Waals surface area contributed by atoms with Gasteiger partial charge in [-0.3, -0.25) is 9.69 Å². The van der Waals surface area contributed by atoms with Crippen LogP contribution in [0.2, 0.25) is 0 Å². The molecule has 5 nitrogen and oxygen atoms in total. The second-order valence-electron chi connectivity index (χ2n) is 8.05. The average Bonchev–Trinajstić information content (AvgIpc) is 3.11. The van der Waals surface area contributed by atoms with Crippen LogP contribution in [0.25, 0.3) is 6.08 Å². The summed E-state index contributed by atoms with van der Waals surface area (Å²) < 4.78 is 11.5. The molecule has 1 amide bonds. The van der Waals surface area contributed by atoms with E-state index in [0.29, 0.717) is 23.3 Å². The number of nitrogens with zero attached hydrogens (tertiary/aromatic N) is 1. The topological polar surface area (TPSA) is 50.8 Å². The van der Waals surface area contributed by atoms with Gasteiger partial charge in [0, 0.05) is 5.56 Å². The maximum Gasteiger partial charge on any atom is 0.281 e. The van der Waals surface area contributed by atoms with Crippen LogP contribution in [0, 0.1) is 0 Å². The fourth-order valence-electron chi connectivity index (χ4n) is 3.62. The summed E-state index contributed by atoms with van der Waals surface area (Å²) in [4.78, 5) is 14.5. The maximum atomic E-state index is 13.0. The van der Waals surface area contributed by atoms with E-state index in [-0.39, 0.29) is 5.91 Å². The molecule has 1 N–H and O–H groups in total. The number of carbonyl (C=O) groups excluding carboxylic acids is 1. The lowest BCUT2D eigenvalue weighted by molar-refractivity contribution is -0.113. The number of ether oxygens (including phenoxy) is 2. The molecule has 6 heteroatoms. The van der Waals surface area contributed by atoms with Gasteiger partial charge in [0.15, 0.2) is 5.11 Å². The Morgan fingerprint density at radius 2 is 1.76 bits per heavy atom. The predicted molar refractivity (Wildman–Crippen MR) is 135 cm³/mol. The molecule has 0 bridgehead atoms. The highest BCUT2D eigenvalue weighted by Crippen LogP contribution is 2.26. The van der Waals surface area contributed by atoms with Crippen LogP contribution in [0.1, 0.15) is 36.5 Å². The molecule has 1 fully saturated rings. The lowest BCUT2D eigenvalue weighted by Crippen LogP contribution is -2.30. The highest BCUT2D eigenvalue weighted by molar-refractivity contribution is 7.80. The third kappa shape index (κ3) is 5.07. The highest BCUT2D eigenvalue weighted by Gasteiger charge is 2.31. The molecule has 1 aliphatic heterocycles. The fourth-order valence-corrected chi connectivity index (χ4v) is 3.92. The number of rotatable bonds is 7. The molecule has 0 spiro atoms. The van der Waals surface area contributed by atoms with Crippen molar-refractivity contribution in [1.29, 1.82) is 0 Å². The Hall–Kier alpha value is -3.64. The van der Waals surface area contributed by atoms with Crippen molar-refractivity contribution >= 4 is 35.0 Å². The first kappa shape index (κ1) is 22.6. The molecule has 1 aliphatic rings. The number of hydrogen-bond acceptors (Lipinski definition) is 4. The Morgan fingerprint density at radius 1 is 1.03 bits per heavy atom. The summed E-state index contributed by atoms with van der Waals surface area (Å²) in [6, 6.07) is 23.2. The van der Waals surface area contributed by atoms with Gasteiger partial charge < -0.3 is 14.8 Å². The average molecular weight is 459 g/mol. The quantitative estimate of drug-likeness (QED) is 0.366. The van der Waals surface area contributed by atoms with Crippen LogP contribution in [-0.4, -0.2) is 18.1 Å². The van der Waals surface area contributed by atoms with Crippen LogP contribution in [-0.2, 0) is 11.4 Å². The van der Waals surface area contributed by atoms with E-state index in [1.165, 1.54) is 10.5 Å². The molecule has 3 aromatic carbocycles. The van der Waals surface area contributed by atoms with Crippen molar-refractivity contribution in [2.45, 2.75) is 26.4 Å². The molecule has 0 aliphatic carbocycles. The van der Waals surface area contributed by atoms with Gasteiger partial charge in [0.25, 0.3) is 5.91 Å². The zero-order chi connectivity index (χ0) is 23.4. The second kappa shape index (κ2) is 9.88. The molecule has 0 saturated carbocycles. The van der Waals surface area contributed by atoms with Crippen molar-refractivity contribution in [3.8, 4) is 11.5 Å². The number of amides is 1. The van der Waals surface area contributed by atoms with Gasteiger partial charge in [0.05, 0.1) is 12.8 Å². The van der Waals surface area contributed by atoms with E-state index in [2.05, 4.69) is 31.3 Å². The van der Waals surface area contributed by atoms with Crippen LogP contribution < -0.4 is 19.7 Å². The zero-order valence-corrected chi connectivity index (χ0v) is 19.7. The molecule has 4 rings (SSSR count). The van der Waals surface area contributed by atoms with E-state index in [1.54, 1.807) is 13.2 Å². The maximum absolute atomic E-state index is 13.0. The predicted octanol–water partition coefficient (Wildman–Crippen LogP) is 5.66. The smallest absolute Gasteiger partial charge is 0.281 e. The van der Waals surface area contributed by atoms with Crippen molar-refractivity contribution < 1.29 is 14.3 Å². The summed E-state index contributed by atoms with van der Waals surface area (Å²) in [6.07, 6.45) is 1.79. The number of nitrogens with one attached hydrogen (secondary N) is 1. The molecular formula is C27H26N2O3S. The van der Waals surface area contributed by atoms with E-state index in [9.17, 15) is 4.79 Å². The Kier molecular flexibility index (Phi) is 6.75. The van der Waals surface area contributed by atoms with Gasteiger partial charge in [-0.15, -0.1) is 0 Å². The minimum atomic E-state index is -0.190. The Labute approximate surface area is 199 Å². The summed E-state index contributed by atoms with van der Waals surface area (Å²) in [6.45, 7) is 4.67. The number of hydrogen-bond donors (Lipinski definition) is 1. The number of thiocarbonyl (C=S) groups is 1. The highest BCUT2D eigenvalue weighted by atomic mass is 32.1. The molecule has 1 saturated heterocycles. The van der Waals surface area contributed by atoms with Crippen molar-refractivity contribution in [1.82, 2.24) is 5.32 Å². The number of anilines is 1. The van der Waals surface area contributed by atoms with Crippen molar-refractivity contribution in [2.75, 3.05) is 12.0 Å². The van der Waals surface area contributed by atoms with E-state index >= 15 is 0 Å². The molecule has 0 aromatic heterocycles. The Morgan fingerprint density at radius 3 is 2.42 bits per heavy atom. The largest absolute Gasteiger partial charge is 0.496 e. The number of methoxy groups -OCH3 is 1. The molecule has 0 radical (unpaired) electrons. The van der Waals surface area contributed by atoms with Gasteiger partial charge in [0.2, 0.25) is 0 Å². The first-order chi connectivity index (χ1) is 16.0. The molecule has 0 atom stereocenters. The van der Waals surface area contributed by atoms with Gasteiger partial charge >= 0.3 is 0 Å². The van der Waals surface area contributed by atoms with E-state index in [1.807, 2.05) is 60.7 Å². The Bertz CT molecular complexity index is 1190. The molecular weight excluding hydrogens is 432 g/mol. The number of carbonyl (C=O) groups is 1. The summed E-state index contributed by atoms with van der Waals surface area (Å²) in [5.41, 5.74) is 4.15. The van der Waals surface area contributed by atoms with Crippen LogP contribution >= 0.6 is 12.2 Å². The van der Waals surface area contributed by atoms with Crippen LogP contribution in [0.3, 0.4) is 0 Å². The van der Waals surface area contributed by atoms with Gasteiger partial charge in [-0.05, 0) is 71.7 Å². The number of para-hydroxylation sites is 1. The molecule has 0 unspecified atom stereocenters.